The van der Waals surface area contributed by atoms with Crippen molar-refractivity contribution in [3.63, 3.8) is 0 Å². The number of benzene rings is 1. The Morgan fingerprint density at radius 2 is 2.29 bits per heavy atom. The number of hydrogen-bond donors (Lipinski definition) is 1. The van der Waals surface area contributed by atoms with E-state index >= 15 is 0 Å². The second-order valence-electron chi connectivity index (χ2n) is 5.14. The Kier molecular flexibility index (Phi) is 4.68. The lowest BCUT2D eigenvalue weighted by atomic mass is 10.1. The first kappa shape index (κ1) is 13.1. The van der Waals surface area contributed by atoms with Crippen LogP contribution in [0.1, 0.15) is 20.3 Å². The van der Waals surface area contributed by atoms with Gasteiger partial charge < -0.3 is 10.2 Å². The molecule has 0 spiro atoms. The summed E-state index contributed by atoms with van der Waals surface area (Å²) in [7, 11) is 0. The summed E-state index contributed by atoms with van der Waals surface area (Å²) in [5.74, 6) is 0.801. The molecule has 0 bridgehead atoms. The summed E-state index contributed by atoms with van der Waals surface area (Å²) >= 11 is 2.38. The molecule has 0 saturated carbocycles. The maximum atomic E-state index is 3.54. The molecule has 94 valence electrons. The number of rotatable bonds is 4. The predicted octanol–water partition coefficient (Wildman–Crippen LogP) is 3.12. The average molecular weight is 344 g/mol. The van der Waals surface area contributed by atoms with Crippen molar-refractivity contribution in [2.75, 3.05) is 24.5 Å². The molecule has 1 N–H and O–H groups in total. The zero-order valence-corrected chi connectivity index (χ0v) is 12.8. The molecule has 1 aliphatic rings. The molecule has 1 aromatic carbocycles. The van der Waals surface area contributed by atoms with Crippen LogP contribution >= 0.6 is 22.6 Å². The molecule has 1 aromatic rings. The number of anilines is 1. The first-order chi connectivity index (χ1) is 8.15. The highest BCUT2D eigenvalue weighted by atomic mass is 127. The minimum Gasteiger partial charge on any atom is -0.371 e. The fraction of sp³-hybridized carbons (Fsp3) is 0.571. The summed E-state index contributed by atoms with van der Waals surface area (Å²) in [4.78, 5) is 2.51. The Bertz CT molecular complexity index is 365. The normalized spacial score (nSPS) is 20.2. The highest BCUT2D eigenvalue weighted by molar-refractivity contribution is 14.1. The van der Waals surface area contributed by atoms with E-state index in [1.54, 1.807) is 0 Å². The molecular formula is C14H21IN2. The van der Waals surface area contributed by atoms with Gasteiger partial charge in [-0.1, -0.05) is 19.9 Å². The first-order valence-electron chi connectivity index (χ1n) is 6.39. The average Bonchev–Trinajstić information content (AvgIpc) is 2.75. The summed E-state index contributed by atoms with van der Waals surface area (Å²) in [6.45, 7) is 7.97. The van der Waals surface area contributed by atoms with Crippen LogP contribution in [-0.4, -0.2) is 25.7 Å². The SMILES string of the molecule is CC(C)NCC1CCN(c2cccc(I)c2)C1. The van der Waals surface area contributed by atoms with Gasteiger partial charge in [0.15, 0.2) is 0 Å². The van der Waals surface area contributed by atoms with Gasteiger partial charge in [0, 0.05) is 28.4 Å². The summed E-state index contributed by atoms with van der Waals surface area (Å²) in [5.41, 5.74) is 1.38. The molecule has 1 heterocycles. The van der Waals surface area contributed by atoms with Crippen molar-refractivity contribution in [2.24, 2.45) is 5.92 Å². The molecule has 1 aliphatic heterocycles. The van der Waals surface area contributed by atoms with Gasteiger partial charge in [0.05, 0.1) is 0 Å². The van der Waals surface area contributed by atoms with Gasteiger partial charge in [-0.15, -0.1) is 0 Å². The van der Waals surface area contributed by atoms with Crippen LogP contribution in [0.2, 0.25) is 0 Å². The Labute approximate surface area is 118 Å². The van der Waals surface area contributed by atoms with Crippen LogP contribution in [0, 0.1) is 9.49 Å². The highest BCUT2D eigenvalue weighted by Gasteiger charge is 2.22. The second kappa shape index (κ2) is 6.05. The lowest BCUT2D eigenvalue weighted by molar-refractivity contribution is 0.480. The van der Waals surface area contributed by atoms with E-state index in [1.165, 1.54) is 28.8 Å². The molecule has 1 fully saturated rings. The fourth-order valence-electron chi connectivity index (χ4n) is 2.31. The zero-order chi connectivity index (χ0) is 12.3. The highest BCUT2D eigenvalue weighted by Crippen LogP contribution is 2.24. The third-order valence-corrected chi connectivity index (χ3v) is 3.94. The topological polar surface area (TPSA) is 15.3 Å². The van der Waals surface area contributed by atoms with Crippen LogP contribution in [0.3, 0.4) is 0 Å². The maximum Gasteiger partial charge on any atom is 0.0376 e. The van der Waals surface area contributed by atoms with E-state index < -0.39 is 0 Å². The summed E-state index contributed by atoms with van der Waals surface area (Å²) in [6.07, 6.45) is 1.31. The summed E-state index contributed by atoms with van der Waals surface area (Å²) in [5, 5.41) is 3.54. The van der Waals surface area contributed by atoms with Crippen LogP contribution in [0.4, 0.5) is 5.69 Å². The summed E-state index contributed by atoms with van der Waals surface area (Å²) < 4.78 is 1.32. The monoisotopic (exact) mass is 344 g/mol. The van der Waals surface area contributed by atoms with E-state index in [-0.39, 0.29) is 0 Å². The van der Waals surface area contributed by atoms with Gasteiger partial charge >= 0.3 is 0 Å². The summed E-state index contributed by atoms with van der Waals surface area (Å²) in [6, 6.07) is 9.40. The van der Waals surface area contributed by atoms with Gasteiger partial charge in [0.25, 0.3) is 0 Å². The van der Waals surface area contributed by atoms with Crippen LogP contribution in [0.15, 0.2) is 24.3 Å². The van der Waals surface area contributed by atoms with Gasteiger partial charge in [-0.05, 0) is 59.7 Å². The molecule has 1 saturated heterocycles. The van der Waals surface area contributed by atoms with Crippen LogP contribution in [0.5, 0.6) is 0 Å². The molecule has 0 aromatic heterocycles. The molecule has 3 heteroatoms. The Morgan fingerprint density at radius 1 is 1.47 bits per heavy atom. The molecule has 0 aliphatic carbocycles. The quantitative estimate of drug-likeness (QED) is 0.845. The van der Waals surface area contributed by atoms with Gasteiger partial charge in [0.1, 0.15) is 0 Å². The fourth-order valence-corrected chi connectivity index (χ4v) is 2.84. The van der Waals surface area contributed by atoms with E-state index in [0.717, 1.165) is 12.5 Å². The van der Waals surface area contributed by atoms with E-state index in [4.69, 9.17) is 0 Å². The largest absolute Gasteiger partial charge is 0.371 e. The van der Waals surface area contributed by atoms with E-state index in [9.17, 15) is 0 Å². The molecule has 1 unspecified atom stereocenters. The zero-order valence-electron chi connectivity index (χ0n) is 10.6. The van der Waals surface area contributed by atoms with E-state index in [1.807, 2.05) is 0 Å². The minimum atomic E-state index is 0.599. The van der Waals surface area contributed by atoms with Crippen molar-refractivity contribution in [1.29, 1.82) is 0 Å². The van der Waals surface area contributed by atoms with Crippen LogP contribution < -0.4 is 10.2 Å². The molecule has 17 heavy (non-hydrogen) atoms. The molecule has 0 radical (unpaired) electrons. The Hall–Kier alpha value is -0.290. The predicted molar refractivity (Wildman–Crippen MR) is 82.6 cm³/mol. The smallest absolute Gasteiger partial charge is 0.0376 e. The van der Waals surface area contributed by atoms with Crippen molar-refractivity contribution in [3.8, 4) is 0 Å². The van der Waals surface area contributed by atoms with E-state index in [2.05, 4.69) is 70.9 Å². The lowest BCUT2D eigenvalue weighted by Crippen LogP contribution is -2.30. The Balaban J connectivity index is 1.89. The third kappa shape index (κ3) is 3.85. The van der Waals surface area contributed by atoms with Crippen molar-refractivity contribution in [3.05, 3.63) is 27.8 Å². The number of hydrogen-bond acceptors (Lipinski definition) is 2. The molecule has 2 nitrogen and oxygen atoms in total. The van der Waals surface area contributed by atoms with Gasteiger partial charge in [0.2, 0.25) is 0 Å². The van der Waals surface area contributed by atoms with Crippen LogP contribution in [0.25, 0.3) is 0 Å². The molecular weight excluding hydrogens is 323 g/mol. The third-order valence-electron chi connectivity index (χ3n) is 3.27. The standard InChI is InChI=1S/C14H21IN2/c1-11(2)16-9-12-6-7-17(10-12)14-5-3-4-13(15)8-14/h3-5,8,11-12,16H,6-7,9-10H2,1-2H3. The number of halogens is 1. The van der Waals surface area contributed by atoms with Crippen molar-refractivity contribution < 1.29 is 0 Å². The first-order valence-corrected chi connectivity index (χ1v) is 7.47. The number of nitrogens with zero attached hydrogens (tertiary/aromatic N) is 1. The van der Waals surface area contributed by atoms with Crippen LogP contribution in [-0.2, 0) is 0 Å². The van der Waals surface area contributed by atoms with Crippen molar-refractivity contribution in [2.45, 2.75) is 26.3 Å². The number of nitrogens with one attached hydrogen (secondary N) is 1. The molecule has 1 atom stereocenters. The van der Waals surface area contributed by atoms with Gasteiger partial charge in [-0.25, -0.2) is 0 Å². The Morgan fingerprint density at radius 3 is 3.00 bits per heavy atom. The van der Waals surface area contributed by atoms with Gasteiger partial charge in [-0.3, -0.25) is 0 Å². The van der Waals surface area contributed by atoms with E-state index in [0.29, 0.717) is 6.04 Å². The van der Waals surface area contributed by atoms with Crippen molar-refractivity contribution in [1.82, 2.24) is 5.32 Å². The second-order valence-corrected chi connectivity index (χ2v) is 6.39. The minimum absolute atomic E-state index is 0.599. The van der Waals surface area contributed by atoms with Gasteiger partial charge in [-0.2, -0.15) is 0 Å². The lowest BCUT2D eigenvalue weighted by Gasteiger charge is -2.19. The van der Waals surface area contributed by atoms with Crippen molar-refractivity contribution >= 4 is 28.3 Å². The maximum absolute atomic E-state index is 3.54. The molecule has 0 amide bonds. The molecule has 2 rings (SSSR count).